The third-order valence-corrected chi connectivity index (χ3v) is 5.00. The molecule has 5 nitrogen and oxygen atoms in total. The van der Waals surface area contributed by atoms with Crippen LogP contribution >= 0.6 is 11.3 Å². The molecule has 1 aliphatic carbocycles. The molecule has 2 N–H and O–H groups in total. The number of aromatic nitrogens is 1. The van der Waals surface area contributed by atoms with Gasteiger partial charge in [0.15, 0.2) is 5.13 Å². The summed E-state index contributed by atoms with van der Waals surface area (Å²) >= 11 is 1.67. The van der Waals surface area contributed by atoms with Crippen molar-refractivity contribution < 1.29 is 4.79 Å². The van der Waals surface area contributed by atoms with Crippen molar-refractivity contribution >= 4 is 22.4 Å². The minimum Gasteiger partial charge on any atom is -0.342 e. The van der Waals surface area contributed by atoms with E-state index in [9.17, 15) is 4.79 Å². The average molecular weight is 266 g/mol. The van der Waals surface area contributed by atoms with Gasteiger partial charge in [0, 0.05) is 31.1 Å². The van der Waals surface area contributed by atoms with E-state index < -0.39 is 0 Å². The van der Waals surface area contributed by atoms with E-state index in [0.717, 1.165) is 43.2 Å². The fourth-order valence-corrected chi connectivity index (χ4v) is 3.67. The Morgan fingerprint density at radius 2 is 2.28 bits per heavy atom. The lowest BCUT2D eigenvalue weighted by molar-refractivity contribution is -0.129. The van der Waals surface area contributed by atoms with Crippen molar-refractivity contribution in [3.8, 4) is 0 Å². The van der Waals surface area contributed by atoms with Gasteiger partial charge in [0.1, 0.15) is 0 Å². The van der Waals surface area contributed by atoms with Gasteiger partial charge in [-0.3, -0.25) is 4.79 Å². The van der Waals surface area contributed by atoms with Gasteiger partial charge in [0.05, 0.1) is 12.2 Å². The van der Waals surface area contributed by atoms with Crippen LogP contribution in [0.4, 0.5) is 5.13 Å². The molecule has 98 valence electrons. The van der Waals surface area contributed by atoms with Crippen molar-refractivity contribution in [2.45, 2.75) is 25.3 Å². The van der Waals surface area contributed by atoms with Crippen LogP contribution in [-0.2, 0) is 11.2 Å². The number of hydrogen-bond acceptors (Lipinski definition) is 5. The first kappa shape index (κ1) is 11.9. The molecule has 6 heteroatoms. The van der Waals surface area contributed by atoms with E-state index in [1.807, 2.05) is 7.05 Å². The molecule has 1 saturated heterocycles. The molecular formula is C12H18N4OS. The normalized spacial score (nSPS) is 24.3. The minimum atomic E-state index is 0.142. The molecule has 1 amide bonds. The Kier molecular flexibility index (Phi) is 2.99. The first-order valence-corrected chi connectivity index (χ1v) is 7.21. The van der Waals surface area contributed by atoms with Crippen molar-refractivity contribution in [3.63, 3.8) is 0 Å². The summed E-state index contributed by atoms with van der Waals surface area (Å²) in [5.74, 6) is 0.165. The molecule has 0 radical (unpaired) electrons. The van der Waals surface area contributed by atoms with Crippen LogP contribution < -0.4 is 10.6 Å². The number of fused-ring (bicyclic) bond motifs is 1. The molecular weight excluding hydrogens is 248 g/mol. The van der Waals surface area contributed by atoms with Crippen LogP contribution in [0, 0.1) is 0 Å². The van der Waals surface area contributed by atoms with Crippen LogP contribution in [0.25, 0.3) is 0 Å². The topological polar surface area (TPSA) is 62.5 Å². The van der Waals surface area contributed by atoms with E-state index in [-0.39, 0.29) is 11.9 Å². The Bertz CT molecular complexity index is 473. The van der Waals surface area contributed by atoms with Crippen LogP contribution in [-0.4, -0.2) is 42.5 Å². The molecule has 2 heterocycles. The smallest absolute Gasteiger partial charge is 0.241 e. The first-order valence-electron chi connectivity index (χ1n) is 6.39. The maximum absolute atomic E-state index is 11.7. The summed E-state index contributed by atoms with van der Waals surface area (Å²) in [5.41, 5.74) is 7.27. The second kappa shape index (κ2) is 4.51. The second-order valence-electron chi connectivity index (χ2n) is 5.04. The number of nitrogens with zero attached hydrogens (tertiary/aromatic N) is 3. The number of aryl methyl sites for hydroxylation is 1. The number of nitrogens with two attached hydrogens (primary N) is 1. The lowest BCUT2D eigenvalue weighted by Crippen LogP contribution is -2.48. The van der Waals surface area contributed by atoms with Gasteiger partial charge in [-0.15, -0.1) is 0 Å². The first-order chi connectivity index (χ1) is 8.65. The predicted molar refractivity (Wildman–Crippen MR) is 71.8 cm³/mol. The summed E-state index contributed by atoms with van der Waals surface area (Å²) in [7, 11) is 1.85. The van der Waals surface area contributed by atoms with E-state index >= 15 is 0 Å². The number of carbonyl (C=O) groups is 1. The molecule has 1 atom stereocenters. The third-order valence-electron chi connectivity index (χ3n) is 3.71. The summed E-state index contributed by atoms with van der Waals surface area (Å²) in [6.07, 6.45) is 3.20. The van der Waals surface area contributed by atoms with Crippen LogP contribution in [0.15, 0.2) is 0 Å². The van der Waals surface area contributed by atoms with Gasteiger partial charge in [-0.25, -0.2) is 4.98 Å². The molecule has 3 rings (SSSR count). The fourth-order valence-electron chi connectivity index (χ4n) is 2.50. The van der Waals surface area contributed by atoms with Crippen molar-refractivity contribution in [1.29, 1.82) is 0 Å². The number of piperazine rings is 1. The number of anilines is 1. The Balaban J connectivity index is 1.83. The van der Waals surface area contributed by atoms with Crippen LogP contribution in [0.3, 0.4) is 0 Å². The second-order valence-corrected chi connectivity index (χ2v) is 6.05. The Hall–Kier alpha value is -1.14. The number of carbonyl (C=O) groups excluding carboxylic acids is 1. The average Bonchev–Trinajstić information content (AvgIpc) is 2.78. The van der Waals surface area contributed by atoms with Crippen molar-refractivity contribution in [3.05, 3.63) is 10.6 Å². The highest BCUT2D eigenvalue weighted by atomic mass is 32.1. The van der Waals surface area contributed by atoms with Crippen molar-refractivity contribution in [2.24, 2.45) is 5.73 Å². The largest absolute Gasteiger partial charge is 0.342 e. The predicted octanol–water partition coefficient (Wildman–Crippen LogP) is 0.758. The van der Waals surface area contributed by atoms with E-state index in [2.05, 4.69) is 9.88 Å². The minimum absolute atomic E-state index is 0.142. The standard InChI is InChI=1S/C12H18N4OS/c1-15-5-6-16(7-10(15)17)12-14-9-4-2-3-8(13)11(9)18-12/h8H,2-7,13H2,1H3. The highest BCUT2D eigenvalue weighted by Gasteiger charge is 2.27. The SMILES string of the molecule is CN1CCN(c2nc3c(s2)C(N)CCC3)CC1=O. The zero-order valence-electron chi connectivity index (χ0n) is 10.6. The number of hydrogen-bond donors (Lipinski definition) is 1. The molecule has 1 fully saturated rings. The highest BCUT2D eigenvalue weighted by Crippen LogP contribution is 2.36. The molecule has 1 aromatic heterocycles. The lowest BCUT2D eigenvalue weighted by Gasteiger charge is -2.31. The quantitative estimate of drug-likeness (QED) is 0.815. The Morgan fingerprint density at radius 1 is 1.44 bits per heavy atom. The maximum atomic E-state index is 11.7. The van der Waals surface area contributed by atoms with Crippen molar-refractivity contribution in [1.82, 2.24) is 9.88 Å². The monoisotopic (exact) mass is 266 g/mol. The zero-order chi connectivity index (χ0) is 12.7. The molecule has 1 aliphatic heterocycles. The molecule has 18 heavy (non-hydrogen) atoms. The maximum Gasteiger partial charge on any atom is 0.241 e. The summed E-state index contributed by atoms with van der Waals surface area (Å²) in [5, 5.41) is 0.971. The molecule has 0 spiro atoms. The summed E-state index contributed by atoms with van der Waals surface area (Å²) < 4.78 is 0. The zero-order valence-corrected chi connectivity index (χ0v) is 11.4. The number of amides is 1. The molecule has 0 aromatic carbocycles. The molecule has 1 unspecified atom stereocenters. The van der Waals surface area contributed by atoms with Gasteiger partial charge in [0.25, 0.3) is 0 Å². The van der Waals surface area contributed by atoms with E-state index in [4.69, 9.17) is 5.73 Å². The van der Waals surface area contributed by atoms with Crippen LogP contribution in [0.2, 0.25) is 0 Å². The van der Waals surface area contributed by atoms with E-state index in [0.29, 0.717) is 6.54 Å². The number of thiazole rings is 1. The fraction of sp³-hybridized carbons (Fsp3) is 0.667. The Morgan fingerprint density at radius 3 is 3.00 bits per heavy atom. The van der Waals surface area contributed by atoms with Gasteiger partial charge in [-0.1, -0.05) is 11.3 Å². The highest BCUT2D eigenvalue weighted by molar-refractivity contribution is 7.15. The van der Waals surface area contributed by atoms with Gasteiger partial charge in [0.2, 0.25) is 5.91 Å². The summed E-state index contributed by atoms with van der Waals surface area (Å²) in [6.45, 7) is 2.08. The van der Waals surface area contributed by atoms with Gasteiger partial charge in [-0.2, -0.15) is 0 Å². The van der Waals surface area contributed by atoms with Gasteiger partial charge < -0.3 is 15.5 Å². The Labute approximate surface area is 111 Å². The van der Waals surface area contributed by atoms with E-state index in [1.165, 1.54) is 4.88 Å². The van der Waals surface area contributed by atoms with E-state index in [1.54, 1.807) is 16.2 Å². The van der Waals surface area contributed by atoms with Crippen LogP contribution in [0.5, 0.6) is 0 Å². The lowest BCUT2D eigenvalue weighted by atomic mass is 9.99. The number of likely N-dealkylation sites (N-methyl/N-ethyl adjacent to an activating group) is 1. The number of rotatable bonds is 1. The third kappa shape index (κ3) is 1.99. The molecule has 0 saturated carbocycles. The summed E-state index contributed by atoms with van der Waals surface area (Å²) in [4.78, 5) is 21.5. The summed E-state index contributed by atoms with van der Waals surface area (Å²) in [6, 6.07) is 0.142. The van der Waals surface area contributed by atoms with Crippen molar-refractivity contribution in [2.75, 3.05) is 31.6 Å². The van der Waals surface area contributed by atoms with Crippen LogP contribution in [0.1, 0.15) is 29.5 Å². The molecule has 0 bridgehead atoms. The van der Waals surface area contributed by atoms with Gasteiger partial charge in [-0.05, 0) is 19.3 Å². The van der Waals surface area contributed by atoms with Gasteiger partial charge >= 0.3 is 0 Å². The molecule has 2 aliphatic rings. The molecule has 1 aromatic rings.